The maximum Gasteiger partial charge on any atom is 0.121 e. The van der Waals surface area contributed by atoms with E-state index in [-0.39, 0.29) is 5.82 Å². The summed E-state index contributed by atoms with van der Waals surface area (Å²) in [6.45, 7) is 0. The molecular formula is C9H10BN3. The Morgan fingerprint density at radius 2 is 2.15 bits per heavy atom. The summed E-state index contributed by atoms with van der Waals surface area (Å²) in [6, 6.07) is 5.92. The van der Waals surface area contributed by atoms with Gasteiger partial charge in [0.2, 0.25) is 0 Å². The van der Waals surface area contributed by atoms with Crippen LogP contribution in [0.25, 0.3) is 0 Å². The number of nitrogens with one attached hydrogen (secondary N) is 1. The molecule has 0 aromatic carbocycles. The molecule has 0 aliphatic rings. The van der Waals surface area contributed by atoms with Crippen LogP contribution < -0.4 is 0 Å². The van der Waals surface area contributed by atoms with E-state index in [4.69, 9.17) is 0 Å². The number of nitrogens with zero attached hydrogens (tertiary/aromatic N) is 2. The second kappa shape index (κ2) is 3.43. The minimum absolute atomic E-state index is 0.257. The van der Waals surface area contributed by atoms with Gasteiger partial charge in [-0.25, -0.2) is 4.98 Å². The Balaban J connectivity index is 2.29. The van der Waals surface area contributed by atoms with Gasteiger partial charge in [0, 0.05) is 23.9 Å². The molecule has 64 valence electrons. The number of hydrogen-bond donors (Lipinski definition) is 1. The third kappa shape index (κ3) is 1.61. The van der Waals surface area contributed by atoms with Crippen LogP contribution >= 0.6 is 0 Å². The fraction of sp³-hybridized carbons (Fsp3) is 0.111. The molecule has 4 heteroatoms. The number of pyridine rings is 1. The van der Waals surface area contributed by atoms with Gasteiger partial charge in [0.15, 0.2) is 0 Å². The fourth-order valence-corrected chi connectivity index (χ4v) is 1.29. The van der Waals surface area contributed by atoms with Crippen LogP contribution in [0.15, 0.2) is 36.9 Å². The van der Waals surface area contributed by atoms with Crippen molar-refractivity contribution in [3.05, 3.63) is 48.3 Å². The molecule has 0 radical (unpaired) electrons. The first-order chi connectivity index (χ1) is 6.38. The highest BCUT2D eigenvalue weighted by atomic mass is 14.9. The van der Waals surface area contributed by atoms with Crippen LogP contribution in [0.2, 0.25) is 0 Å². The van der Waals surface area contributed by atoms with Crippen LogP contribution in [0.1, 0.15) is 17.2 Å². The van der Waals surface area contributed by atoms with Gasteiger partial charge < -0.3 is 4.98 Å². The zero-order valence-corrected chi connectivity index (χ0v) is 7.44. The summed E-state index contributed by atoms with van der Waals surface area (Å²) in [6.07, 6.45) is 5.40. The van der Waals surface area contributed by atoms with E-state index in [0.29, 0.717) is 0 Å². The Bertz CT molecular complexity index is 358. The van der Waals surface area contributed by atoms with Crippen molar-refractivity contribution in [1.29, 1.82) is 0 Å². The van der Waals surface area contributed by atoms with Gasteiger partial charge in [0.05, 0.1) is 12.0 Å². The van der Waals surface area contributed by atoms with Crippen molar-refractivity contribution in [2.24, 2.45) is 0 Å². The number of imidazole rings is 1. The second-order valence-corrected chi connectivity index (χ2v) is 2.97. The first-order valence-corrected chi connectivity index (χ1v) is 4.27. The molecule has 1 N–H and O–H groups in total. The summed E-state index contributed by atoms with van der Waals surface area (Å²) in [7, 11) is 2.10. The molecule has 0 aliphatic heterocycles. The van der Waals surface area contributed by atoms with E-state index in [2.05, 4.69) is 22.8 Å². The molecule has 1 unspecified atom stereocenters. The quantitative estimate of drug-likeness (QED) is 0.669. The molecule has 1 atom stereocenters. The molecule has 0 saturated heterocycles. The van der Waals surface area contributed by atoms with E-state index in [1.807, 2.05) is 24.4 Å². The molecule has 0 fully saturated rings. The van der Waals surface area contributed by atoms with Crippen molar-refractivity contribution in [1.82, 2.24) is 15.0 Å². The molecule has 2 aromatic heterocycles. The zero-order chi connectivity index (χ0) is 9.10. The average molecular weight is 171 g/mol. The van der Waals surface area contributed by atoms with E-state index in [9.17, 15) is 0 Å². The van der Waals surface area contributed by atoms with E-state index in [1.165, 1.54) is 0 Å². The SMILES string of the molecule is BC(c1ccccn1)c1c[nH]cn1. The molecule has 0 amide bonds. The smallest absolute Gasteiger partial charge is 0.121 e. The number of hydrogen-bond acceptors (Lipinski definition) is 2. The summed E-state index contributed by atoms with van der Waals surface area (Å²) in [5.74, 6) is 0.257. The van der Waals surface area contributed by atoms with Gasteiger partial charge in [0.1, 0.15) is 7.85 Å². The molecule has 0 spiro atoms. The maximum atomic E-state index is 4.28. The van der Waals surface area contributed by atoms with Crippen molar-refractivity contribution in [2.45, 2.75) is 5.82 Å². The first kappa shape index (κ1) is 8.04. The van der Waals surface area contributed by atoms with Gasteiger partial charge in [-0.05, 0) is 12.1 Å². The molecule has 2 heterocycles. The maximum absolute atomic E-state index is 4.28. The van der Waals surface area contributed by atoms with Crippen LogP contribution in [-0.2, 0) is 0 Å². The Hall–Kier alpha value is -1.58. The fourth-order valence-electron chi connectivity index (χ4n) is 1.29. The average Bonchev–Trinajstić information content (AvgIpc) is 2.71. The Kier molecular flexibility index (Phi) is 2.12. The number of aromatic amines is 1. The molecular weight excluding hydrogens is 161 g/mol. The highest BCUT2D eigenvalue weighted by molar-refractivity contribution is 6.14. The molecule has 2 aromatic rings. The van der Waals surface area contributed by atoms with E-state index in [0.717, 1.165) is 11.4 Å². The van der Waals surface area contributed by atoms with Gasteiger partial charge in [-0.2, -0.15) is 0 Å². The second-order valence-electron chi connectivity index (χ2n) is 2.97. The van der Waals surface area contributed by atoms with E-state index < -0.39 is 0 Å². The largest absolute Gasteiger partial charge is 0.351 e. The summed E-state index contributed by atoms with van der Waals surface area (Å²) in [5.41, 5.74) is 2.08. The van der Waals surface area contributed by atoms with Gasteiger partial charge in [-0.1, -0.05) is 6.07 Å². The lowest BCUT2D eigenvalue weighted by Gasteiger charge is -2.06. The van der Waals surface area contributed by atoms with E-state index in [1.54, 1.807) is 12.5 Å². The van der Waals surface area contributed by atoms with Crippen molar-refractivity contribution in [2.75, 3.05) is 0 Å². The summed E-state index contributed by atoms with van der Waals surface area (Å²) < 4.78 is 0. The Morgan fingerprint density at radius 3 is 2.77 bits per heavy atom. The highest BCUT2D eigenvalue weighted by Gasteiger charge is 2.10. The lowest BCUT2D eigenvalue weighted by molar-refractivity contribution is 0.995. The van der Waals surface area contributed by atoms with Crippen LogP contribution in [0, 0.1) is 0 Å². The summed E-state index contributed by atoms with van der Waals surface area (Å²) >= 11 is 0. The Morgan fingerprint density at radius 1 is 1.23 bits per heavy atom. The lowest BCUT2D eigenvalue weighted by Crippen LogP contribution is -2.02. The van der Waals surface area contributed by atoms with Crippen molar-refractivity contribution < 1.29 is 0 Å². The molecule has 2 rings (SSSR count). The first-order valence-electron chi connectivity index (χ1n) is 4.27. The topological polar surface area (TPSA) is 41.6 Å². The van der Waals surface area contributed by atoms with Gasteiger partial charge in [-0.3, -0.25) is 4.98 Å². The molecule has 3 nitrogen and oxygen atoms in total. The van der Waals surface area contributed by atoms with E-state index >= 15 is 0 Å². The van der Waals surface area contributed by atoms with Gasteiger partial charge >= 0.3 is 0 Å². The Labute approximate surface area is 77.7 Å². The predicted octanol–water partition coefficient (Wildman–Crippen LogP) is 0.527. The monoisotopic (exact) mass is 171 g/mol. The minimum Gasteiger partial charge on any atom is -0.351 e. The number of aromatic nitrogens is 3. The molecule has 13 heavy (non-hydrogen) atoms. The number of rotatable bonds is 2. The van der Waals surface area contributed by atoms with Crippen LogP contribution in [0.5, 0.6) is 0 Å². The third-order valence-electron chi connectivity index (χ3n) is 2.09. The van der Waals surface area contributed by atoms with Gasteiger partial charge in [0.25, 0.3) is 0 Å². The van der Waals surface area contributed by atoms with Crippen LogP contribution in [0.4, 0.5) is 0 Å². The van der Waals surface area contributed by atoms with Crippen molar-refractivity contribution >= 4 is 7.85 Å². The van der Waals surface area contributed by atoms with Crippen LogP contribution in [0.3, 0.4) is 0 Å². The lowest BCUT2D eigenvalue weighted by atomic mass is 9.82. The van der Waals surface area contributed by atoms with Crippen molar-refractivity contribution in [3.63, 3.8) is 0 Å². The van der Waals surface area contributed by atoms with Crippen molar-refractivity contribution in [3.8, 4) is 0 Å². The molecule has 0 bridgehead atoms. The molecule has 0 saturated carbocycles. The summed E-state index contributed by atoms with van der Waals surface area (Å²) in [4.78, 5) is 11.4. The highest BCUT2D eigenvalue weighted by Crippen LogP contribution is 2.15. The zero-order valence-electron chi connectivity index (χ0n) is 7.44. The number of H-pyrrole nitrogens is 1. The normalized spacial score (nSPS) is 12.6. The standard InChI is InChI=1S/C9H10BN3/c10-9(8-5-11-6-13-8)7-3-1-2-4-12-7/h1-6,9H,10H2,(H,11,13). The minimum atomic E-state index is 0.257. The molecule has 0 aliphatic carbocycles. The van der Waals surface area contributed by atoms with Gasteiger partial charge in [-0.15, -0.1) is 0 Å². The van der Waals surface area contributed by atoms with Crippen LogP contribution in [-0.4, -0.2) is 22.8 Å². The predicted molar refractivity (Wildman–Crippen MR) is 53.2 cm³/mol. The summed E-state index contributed by atoms with van der Waals surface area (Å²) in [5, 5.41) is 0. The third-order valence-corrected chi connectivity index (χ3v) is 2.09.